The fourth-order valence-electron chi connectivity index (χ4n) is 1.67. The summed E-state index contributed by atoms with van der Waals surface area (Å²) in [7, 11) is 0. The van der Waals surface area contributed by atoms with Gasteiger partial charge in [0, 0.05) is 11.9 Å². The number of rotatable bonds is 4. The van der Waals surface area contributed by atoms with Gasteiger partial charge in [0.2, 0.25) is 5.91 Å². The summed E-state index contributed by atoms with van der Waals surface area (Å²) in [5.41, 5.74) is 7.63. The molecule has 6 heteroatoms. The first kappa shape index (κ1) is 15.5. The summed E-state index contributed by atoms with van der Waals surface area (Å²) < 4.78 is 0. The number of aromatic hydroxyl groups is 1. The number of amides is 1. The average molecular weight is 274 g/mol. The zero-order chi connectivity index (χ0) is 13.7. The monoisotopic (exact) mass is 274 g/mol. The molecule has 0 saturated carbocycles. The number of phenols is 1. The molecule has 1 heterocycles. The topological polar surface area (TPSA) is 123 Å². The van der Waals surface area contributed by atoms with Gasteiger partial charge in [-0.05, 0) is 35.9 Å². The molecule has 106 valence electrons. The minimum absolute atomic E-state index is 0. The van der Waals surface area contributed by atoms with Crippen LogP contribution in [0.15, 0.2) is 42.6 Å². The Labute approximate surface area is 117 Å². The second kappa shape index (κ2) is 7.10. The zero-order valence-electron chi connectivity index (χ0n) is 11.0. The van der Waals surface area contributed by atoms with Crippen molar-refractivity contribution in [2.24, 2.45) is 0 Å². The second-order valence-electron chi connectivity index (χ2n) is 4.16. The van der Waals surface area contributed by atoms with Gasteiger partial charge in [0.15, 0.2) is 0 Å². The number of hydrogen-bond acceptors (Lipinski definition) is 5. The number of benzene rings is 1. The van der Waals surface area contributed by atoms with Crippen molar-refractivity contribution in [2.45, 2.75) is 13.0 Å². The number of aromatic nitrogens is 1. The molecule has 0 unspecified atom stereocenters. The van der Waals surface area contributed by atoms with E-state index in [1.807, 2.05) is 18.2 Å². The molecule has 20 heavy (non-hydrogen) atoms. The first-order chi connectivity index (χ1) is 9.15. The summed E-state index contributed by atoms with van der Waals surface area (Å²) in [6.07, 6.45) is 1.81. The maximum atomic E-state index is 11.8. The van der Waals surface area contributed by atoms with Crippen molar-refractivity contribution in [1.29, 1.82) is 0 Å². The zero-order valence-corrected chi connectivity index (χ0v) is 11.0. The SMILES string of the molecule is N.Nc1ccc(O)cc1CC(=O)NCc1ccccn1. The quantitative estimate of drug-likeness (QED) is 0.495. The van der Waals surface area contributed by atoms with Crippen LogP contribution in [0.2, 0.25) is 0 Å². The van der Waals surface area contributed by atoms with Gasteiger partial charge in [-0.2, -0.15) is 0 Å². The standard InChI is InChI=1S/C14H15N3O2.H3N/c15-13-5-4-12(18)7-10(13)8-14(19)17-9-11-3-1-2-6-16-11;/h1-7,18H,8-9,15H2,(H,17,19);1H3. The molecule has 0 saturated heterocycles. The van der Waals surface area contributed by atoms with Crippen LogP contribution in [0.3, 0.4) is 0 Å². The van der Waals surface area contributed by atoms with Gasteiger partial charge in [-0.1, -0.05) is 6.07 Å². The Morgan fingerprint density at radius 3 is 2.80 bits per heavy atom. The predicted octanol–water partition coefficient (Wildman–Crippen LogP) is 1.39. The molecular weight excluding hydrogens is 256 g/mol. The second-order valence-corrected chi connectivity index (χ2v) is 4.16. The lowest BCUT2D eigenvalue weighted by molar-refractivity contribution is -0.120. The van der Waals surface area contributed by atoms with Crippen LogP contribution in [-0.2, 0) is 17.8 Å². The van der Waals surface area contributed by atoms with Crippen molar-refractivity contribution in [3.8, 4) is 5.75 Å². The lowest BCUT2D eigenvalue weighted by atomic mass is 10.1. The van der Waals surface area contributed by atoms with Crippen LogP contribution in [0.5, 0.6) is 5.75 Å². The van der Waals surface area contributed by atoms with Crippen molar-refractivity contribution in [1.82, 2.24) is 16.5 Å². The molecule has 0 atom stereocenters. The third kappa shape index (κ3) is 4.25. The molecule has 0 bridgehead atoms. The third-order valence-corrected chi connectivity index (χ3v) is 2.67. The molecule has 0 radical (unpaired) electrons. The summed E-state index contributed by atoms with van der Waals surface area (Å²) in [4.78, 5) is 15.9. The Morgan fingerprint density at radius 1 is 1.30 bits per heavy atom. The van der Waals surface area contributed by atoms with Gasteiger partial charge in [-0.25, -0.2) is 0 Å². The average Bonchev–Trinajstić information content (AvgIpc) is 2.42. The number of nitrogens with zero attached hydrogens (tertiary/aromatic N) is 1. The fourth-order valence-corrected chi connectivity index (χ4v) is 1.67. The first-order valence-electron chi connectivity index (χ1n) is 5.89. The van der Waals surface area contributed by atoms with E-state index in [-0.39, 0.29) is 24.2 Å². The van der Waals surface area contributed by atoms with E-state index >= 15 is 0 Å². The van der Waals surface area contributed by atoms with E-state index in [1.165, 1.54) is 12.1 Å². The fraction of sp³-hybridized carbons (Fsp3) is 0.143. The molecule has 1 aromatic carbocycles. The summed E-state index contributed by atoms with van der Waals surface area (Å²) in [6, 6.07) is 10.1. The van der Waals surface area contributed by atoms with E-state index in [1.54, 1.807) is 12.3 Å². The Hall–Kier alpha value is -2.60. The smallest absolute Gasteiger partial charge is 0.224 e. The van der Waals surface area contributed by atoms with Gasteiger partial charge in [0.05, 0.1) is 18.7 Å². The van der Waals surface area contributed by atoms with E-state index in [4.69, 9.17) is 5.73 Å². The highest BCUT2D eigenvalue weighted by atomic mass is 16.3. The van der Waals surface area contributed by atoms with Crippen molar-refractivity contribution >= 4 is 11.6 Å². The lowest BCUT2D eigenvalue weighted by Crippen LogP contribution is -2.25. The summed E-state index contributed by atoms with van der Waals surface area (Å²) in [5.74, 6) is -0.0651. The van der Waals surface area contributed by atoms with Crippen LogP contribution in [-0.4, -0.2) is 16.0 Å². The Morgan fingerprint density at radius 2 is 2.10 bits per heavy atom. The van der Waals surface area contributed by atoms with Gasteiger partial charge in [0.1, 0.15) is 5.75 Å². The lowest BCUT2D eigenvalue weighted by Gasteiger charge is -2.07. The molecule has 1 aromatic heterocycles. The number of phenolic OH excluding ortho intramolecular Hbond substituents is 1. The van der Waals surface area contributed by atoms with Gasteiger partial charge in [-0.3, -0.25) is 9.78 Å². The number of nitrogens with one attached hydrogen (secondary N) is 1. The van der Waals surface area contributed by atoms with Crippen LogP contribution >= 0.6 is 0 Å². The molecule has 0 aliphatic rings. The number of anilines is 1. The normalized spacial score (nSPS) is 9.60. The minimum atomic E-state index is -0.164. The van der Waals surface area contributed by atoms with Gasteiger partial charge >= 0.3 is 0 Å². The van der Waals surface area contributed by atoms with Crippen LogP contribution in [0.4, 0.5) is 5.69 Å². The highest BCUT2D eigenvalue weighted by Gasteiger charge is 2.07. The Kier molecular flexibility index (Phi) is 5.49. The first-order valence-corrected chi connectivity index (χ1v) is 5.89. The maximum absolute atomic E-state index is 11.8. The van der Waals surface area contributed by atoms with E-state index < -0.39 is 0 Å². The number of carbonyl (C=O) groups excluding carboxylic acids is 1. The Balaban J connectivity index is 0.00000200. The predicted molar refractivity (Wildman–Crippen MR) is 77.3 cm³/mol. The number of nitrogen functional groups attached to an aromatic ring is 1. The molecule has 7 N–H and O–H groups in total. The molecular formula is C14H18N4O2. The highest BCUT2D eigenvalue weighted by molar-refractivity contribution is 5.80. The van der Waals surface area contributed by atoms with Gasteiger partial charge in [0.25, 0.3) is 0 Å². The van der Waals surface area contributed by atoms with Crippen molar-refractivity contribution < 1.29 is 9.90 Å². The van der Waals surface area contributed by atoms with Crippen LogP contribution in [0.25, 0.3) is 0 Å². The highest BCUT2D eigenvalue weighted by Crippen LogP contribution is 2.18. The van der Waals surface area contributed by atoms with Crippen molar-refractivity contribution in [2.75, 3.05) is 5.73 Å². The molecule has 2 aromatic rings. The Bertz CT molecular complexity index is 573. The van der Waals surface area contributed by atoms with Crippen molar-refractivity contribution in [3.63, 3.8) is 0 Å². The van der Waals surface area contributed by atoms with Crippen LogP contribution in [0.1, 0.15) is 11.3 Å². The van der Waals surface area contributed by atoms with E-state index in [2.05, 4.69) is 10.3 Å². The number of carbonyl (C=O) groups is 1. The maximum Gasteiger partial charge on any atom is 0.224 e. The third-order valence-electron chi connectivity index (χ3n) is 2.67. The van der Waals surface area contributed by atoms with Crippen molar-refractivity contribution in [3.05, 3.63) is 53.9 Å². The molecule has 0 aliphatic carbocycles. The molecule has 1 amide bonds. The van der Waals surface area contributed by atoms with Crippen LogP contribution in [0, 0.1) is 0 Å². The molecule has 0 fully saturated rings. The minimum Gasteiger partial charge on any atom is -0.508 e. The summed E-state index contributed by atoms with van der Waals surface area (Å²) in [5, 5.41) is 12.1. The van der Waals surface area contributed by atoms with Crippen LogP contribution < -0.4 is 17.2 Å². The van der Waals surface area contributed by atoms with Gasteiger partial charge < -0.3 is 22.3 Å². The molecule has 0 aliphatic heterocycles. The molecule has 0 spiro atoms. The van der Waals surface area contributed by atoms with E-state index in [0.717, 1.165) is 5.69 Å². The summed E-state index contributed by atoms with van der Waals surface area (Å²) in [6.45, 7) is 0.373. The van der Waals surface area contributed by atoms with E-state index in [0.29, 0.717) is 17.8 Å². The number of hydrogen-bond donors (Lipinski definition) is 4. The van der Waals surface area contributed by atoms with E-state index in [9.17, 15) is 9.90 Å². The molecule has 6 nitrogen and oxygen atoms in total. The van der Waals surface area contributed by atoms with Gasteiger partial charge in [-0.15, -0.1) is 0 Å². The summed E-state index contributed by atoms with van der Waals surface area (Å²) >= 11 is 0. The number of pyridine rings is 1. The number of nitrogens with two attached hydrogens (primary N) is 1. The molecule has 2 rings (SSSR count). The largest absolute Gasteiger partial charge is 0.508 e.